The third-order valence-corrected chi connectivity index (χ3v) is 13.7. The molecule has 11 rings (SSSR count). The number of hydrogen-bond donors (Lipinski definition) is 0. The first-order chi connectivity index (χ1) is 36.6. The van der Waals surface area contributed by atoms with Crippen molar-refractivity contribution < 1.29 is 52.7 Å². The minimum absolute atomic E-state index is 0.260. The number of anilines is 6. The van der Waals surface area contributed by atoms with Crippen molar-refractivity contribution >= 4 is 77.2 Å². The van der Waals surface area contributed by atoms with Crippen molar-refractivity contribution in [3.63, 3.8) is 0 Å². The Morgan fingerprint density at radius 2 is 0.468 bits per heavy atom. The van der Waals surface area contributed by atoms with E-state index in [-0.39, 0.29) is 22.7 Å². The van der Waals surface area contributed by atoms with Gasteiger partial charge >= 0.3 is 24.7 Å². The number of aryl methyl sites for hydroxylation is 1. The summed E-state index contributed by atoms with van der Waals surface area (Å²) in [6.07, 6.45) is -18.6. The molecule has 0 radical (unpaired) electrons. The fourth-order valence-electron chi connectivity index (χ4n) is 10.4. The maximum absolute atomic E-state index is 13.9. The molecule has 2 nitrogen and oxygen atoms in total. The molecule has 0 atom stereocenters. The van der Waals surface area contributed by atoms with E-state index in [0.717, 1.165) is 97.9 Å². The van der Waals surface area contributed by atoms with Crippen LogP contribution >= 0.6 is 0 Å². The lowest BCUT2D eigenvalue weighted by Crippen LogP contribution is -2.13. The maximum atomic E-state index is 13.9. The first kappa shape index (κ1) is 50.4. The average molecular weight is 1050 g/mol. The second kappa shape index (κ2) is 18.8. The third-order valence-electron chi connectivity index (χ3n) is 13.7. The van der Waals surface area contributed by atoms with Crippen molar-refractivity contribution in [1.29, 1.82) is 0 Å². The van der Waals surface area contributed by atoms with Crippen molar-refractivity contribution in [3.8, 4) is 22.3 Å². The summed E-state index contributed by atoms with van der Waals surface area (Å²) in [6, 6.07) is 53.6. The normalized spacial score (nSPS) is 12.5. The Balaban J connectivity index is 1.15. The van der Waals surface area contributed by atoms with Crippen LogP contribution in [0.25, 0.3) is 65.3 Å². The van der Waals surface area contributed by atoms with Gasteiger partial charge < -0.3 is 9.80 Å². The van der Waals surface area contributed by atoms with Gasteiger partial charge in [0.2, 0.25) is 0 Å². The van der Waals surface area contributed by atoms with Gasteiger partial charge in [-0.2, -0.15) is 52.7 Å². The SMILES string of the molecule is Cc1cc(-c2c3ccccc3c(N(c3ccc(C(F)(F)F)cc3)c3ccc(C(F)(F)F)cc3)c3ccccc23)cc(-c2c3ccccc3c(N(c3ccc(C(F)(F)F)cc3)c3ccc(C(F)(F)F)cc3)c3ccccc23)c1. The Kier molecular flexibility index (Phi) is 12.3. The van der Waals surface area contributed by atoms with Crippen LogP contribution in [-0.2, 0) is 24.7 Å². The number of halogens is 12. The zero-order valence-electron chi connectivity index (χ0n) is 40.1. The molecule has 0 heterocycles. The number of hydrogen-bond acceptors (Lipinski definition) is 2. The molecule has 0 aliphatic rings. The summed E-state index contributed by atoms with van der Waals surface area (Å²) in [5, 5.41) is 5.41. The largest absolute Gasteiger partial charge is 0.416 e. The summed E-state index contributed by atoms with van der Waals surface area (Å²) in [4.78, 5) is 3.32. The van der Waals surface area contributed by atoms with Gasteiger partial charge in [0, 0.05) is 44.3 Å². The van der Waals surface area contributed by atoms with Gasteiger partial charge in [0.15, 0.2) is 0 Å². The van der Waals surface area contributed by atoms with Gasteiger partial charge in [0.1, 0.15) is 0 Å². The Labute approximate surface area is 432 Å². The number of nitrogens with zero attached hydrogens (tertiary/aromatic N) is 2. The number of rotatable bonds is 8. The van der Waals surface area contributed by atoms with Crippen molar-refractivity contribution in [2.75, 3.05) is 9.80 Å². The van der Waals surface area contributed by atoms with Gasteiger partial charge in [0.05, 0.1) is 33.6 Å². The van der Waals surface area contributed by atoms with Crippen LogP contribution in [0.2, 0.25) is 0 Å². The van der Waals surface area contributed by atoms with Crippen LogP contribution in [0.15, 0.2) is 212 Å². The molecule has 0 aliphatic carbocycles. The monoisotopic (exact) mass is 1050 g/mol. The molecule has 0 saturated carbocycles. The van der Waals surface area contributed by atoms with E-state index in [2.05, 4.69) is 0 Å². The second-order valence-electron chi connectivity index (χ2n) is 18.6. The molecule has 14 heteroatoms. The third kappa shape index (κ3) is 9.31. The van der Waals surface area contributed by atoms with Crippen LogP contribution in [0.5, 0.6) is 0 Å². The first-order valence-electron chi connectivity index (χ1n) is 23.9. The van der Waals surface area contributed by atoms with Gasteiger partial charge in [-0.3, -0.25) is 0 Å². The van der Waals surface area contributed by atoms with Gasteiger partial charge in [-0.15, -0.1) is 0 Å². The average Bonchev–Trinajstić information content (AvgIpc) is 3.42. The van der Waals surface area contributed by atoms with Crippen molar-refractivity contribution in [1.82, 2.24) is 0 Å². The standard InChI is InChI=1S/C63H38F12N2/c1-37-34-38(56-48-10-2-6-14-52(48)58(53-15-7-3-11-49(53)56)76(44-26-18-40(19-27-44)60(64,65)66)45-28-20-41(21-29-45)61(67,68)69)36-39(35-37)57-50-12-4-8-16-54(50)59(55-17-9-5-13-51(55)57)77(46-30-22-42(23-31-46)62(70,71)72)47-32-24-43(25-33-47)63(73,74)75/h2-36H,1H3. The fraction of sp³-hybridized carbons (Fsp3) is 0.0794. The van der Waals surface area contributed by atoms with Crippen LogP contribution in [0.3, 0.4) is 0 Å². The smallest absolute Gasteiger partial charge is 0.309 e. The molecule has 11 aromatic rings. The Morgan fingerprint density at radius 3 is 0.675 bits per heavy atom. The summed E-state index contributed by atoms with van der Waals surface area (Å²) in [5.74, 6) is 0. The highest BCUT2D eigenvalue weighted by molar-refractivity contribution is 6.24. The molecule has 0 fully saturated rings. The molecule has 0 bridgehead atoms. The molecule has 0 aliphatic heterocycles. The van der Waals surface area contributed by atoms with Crippen molar-refractivity contribution in [3.05, 3.63) is 240 Å². The zero-order chi connectivity index (χ0) is 54.2. The van der Waals surface area contributed by atoms with Crippen LogP contribution in [-0.4, -0.2) is 0 Å². The highest BCUT2D eigenvalue weighted by Crippen LogP contribution is 2.52. The van der Waals surface area contributed by atoms with E-state index < -0.39 is 47.0 Å². The number of benzene rings is 11. The Bertz CT molecular complexity index is 3540. The van der Waals surface area contributed by atoms with Crippen LogP contribution < -0.4 is 9.80 Å². The molecule has 0 saturated heterocycles. The Hall–Kier alpha value is -8.78. The van der Waals surface area contributed by atoms with Crippen LogP contribution in [0.1, 0.15) is 27.8 Å². The number of fused-ring (bicyclic) bond motifs is 4. The second-order valence-corrected chi connectivity index (χ2v) is 18.6. The highest BCUT2D eigenvalue weighted by Gasteiger charge is 2.35. The summed E-state index contributed by atoms with van der Waals surface area (Å²) < 4.78 is 167. The molecule has 0 N–H and O–H groups in total. The molecule has 0 aromatic heterocycles. The van der Waals surface area contributed by atoms with Crippen LogP contribution in [0, 0.1) is 6.92 Å². The topological polar surface area (TPSA) is 6.48 Å². The highest BCUT2D eigenvalue weighted by atomic mass is 19.4. The molecule has 0 spiro atoms. The zero-order valence-corrected chi connectivity index (χ0v) is 40.1. The van der Waals surface area contributed by atoms with E-state index in [1.54, 1.807) is 9.80 Å². The summed E-state index contributed by atoms with van der Waals surface area (Å²) >= 11 is 0. The molecular formula is C63H38F12N2. The van der Waals surface area contributed by atoms with Crippen LogP contribution in [0.4, 0.5) is 86.8 Å². The maximum Gasteiger partial charge on any atom is 0.416 e. The molecule has 384 valence electrons. The van der Waals surface area contributed by atoms with Gasteiger partial charge in [-0.1, -0.05) is 109 Å². The Morgan fingerprint density at radius 1 is 0.260 bits per heavy atom. The van der Waals surface area contributed by atoms with Crippen molar-refractivity contribution in [2.24, 2.45) is 0 Å². The van der Waals surface area contributed by atoms with E-state index in [1.807, 2.05) is 122 Å². The minimum atomic E-state index is -4.66. The molecule has 77 heavy (non-hydrogen) atoms. The summed E-state index contributed by atoms with van der Waals surface area (Å²) in [6.45, 7) is 1.94. The lowest BCUT2D eigenvalue weighted by atomic mass is 9.85. The molecular weight excluding hydrogens is 1010 g/mol. The number of alkyl halides is 12. The van der Waals surface area contributed by atoms with Gasteiger partial charge in [-0.05, 0) is 159 Å². The lowest BCUT2D eigenvalue weighted by molar-refractivity contribution is -0.138. The van der Waals surface area contributed by atoms with E-state index in [1.165, 1.54) is 48.5 Å². The molecule has 0 amide bonds. The molecule has 11 aromatic carbocycles. The first-order valence-corrected chi connectivity index (χ1v) is 23.9. The van der Waals surface area contributed by atoms with Crippen molar-refractivity contribution in [2.45, 2.75) is 31.6 Å². The predicted molar refractivity (Wildman–Crippen MR) is 281 cm³/mol. The van der Waals surface area contributed by atoms with E-state index in [4.69, 9.17) is 0 Å². The molecule has 0 unspecified atom stereocenters. The quantitative estimate of drug-likeness (QED) is 0.111. The van der Waals surface area contributed by atoms with Gasteiger partial charge in [0.25, 0.3) is 0 Å². The van der Waals surface area contributed by atoms with E-state index in [0.29, 0.717) is 32.9 Å². The summed E-state index contributed by atoms with van der Waals surface area (Å²) in [5.41, 5.74) is 2.39. The lowest BCUT2D eigenvalue weighted by Gasteiger charge is -2.30. The van der Waals surface area contributed by atoms with E-state index in [9.17, 15) is 52.7 Å². The predicted octanol–water partition coefficient (Wildman–Crippen LogP) is 21.0. The van der Waals surface area contributed by atoms with Gasteiger partial charge in [-0.25, -0.2) is 0 Å². The summed E-state index contributed by atoms with van der Waals surface area (Å²) in [7, 11) is 0. The fourth-order valence-corrected chi connectivity index (χ4v) is 10.4. The van der Waals surface area contributed by atoms with E-state index >= 15 is 0 Å². The minimum Gasteiger partial charge on any atom is -0.309 e.